The Bertz CT molecular complexity index is 399. The molecule has 2 rings (SSSR count). The number of piperidine rings is 1. The van der Waals surface area contributed by atoms with Crippen molar-refractivity contribution in [1.29, 1.82) is 0 Å². The van der Waals surface area contributed by atoms with Crippen molar-refractivity contribution < 1.29 is 19.1 Å². The lowest BCUT2D eigenvalue weighted by Crippen LogP contribution is -2.53. The zero-order valence-corrected chi connectivity index (χ0v) is 13.9. The van der Waals surface area contributed by atoms with Gasteiger partial charge in [0.05, 0.1) is 6.10 Å². The third kappa shape index (κ3) is 4.87. The maximum Gasteiger partial charge on any atom is 0.410 e. The molecule has 22 heavy (non-hydrogen) atoms. The standard InChI is InChI=1S/C16H28N2O4/c1-16(2,3)22-15(20)18-9-5-4-8-13(18)14(19)17-11-12-7-6-10-21-12/h12-13H,4-11H2,1-3H3,(H,17,19)/t12-,13-/m1/s1. The molecule has 0 saturated carbocycles. The van der Waals surface area contributed by atoms with E-state index in [1.807, 2.05) is 20.8 Å². The van der Waals surface area contributed by atoms with Crippen molar-refractivity contribution in [3.63, 3.8) is 0 Å². The molecular formula is C16H28N2O4. The summed E-state index contributed by atoms with van der Waals surface area (Å²) in [6.07, 6.45) is 4.31. The first kappa shape index (κ1) is 17.1. The van der Waals surface area contributed by atoms with Crippen LogP contribution in [-0.2, 0) is 14.3 Å². The van der Waals surface area contributed by atoms with E-state index in [0.29, 0.717) is 19.5 Å². The smallest absolute Gasteiger partial charge is 0.410 e. The van der Waals surface area contributed by atoms with Gasteiger partial charge in [-0.15, -0.1) is 0 Å². The van der Waals surface area contributed by atoms with Gasteiger partial charge in [-0.25, -0.2) is 4.79 Å². The molecule has 1 N–H and O–H groups in total. The third-order valence-electron chi connectivity index (χ3n) is 3.96. The number of amides is 2. The number of likely N-dealkylation sites (tertiary alicyclic amines) is 1. The minimum atomic E-state index is -0.548. The van der Waals surface area contributed by atoms with Crippen molar-refractivity contribution in [3.8, 4) is 0 Å². The van der Waals surface area contributed by atoms with Crippen molar-refractivity contribution >= 4 is 12.0 Å². The van der Waals surface area contributed by atoms with Crippen LogP contribution in [-0.4, -0.2) is 54.3 Å². The summed E-state index contributed by atoms with van der Waals surface area (Å²) >= 11 is 0. The highest BCUT2D eigenvalue weighted by Gasteiger charge is 2.35. The Morgan fingerprint density at radius 3 is 2.64 bits per heavy atom. The number of carbonyl (C=O) groups excluding carboxylic acids is 2. The summed E-state index contributed by atoms with van der Waals surface area (Å²) in [4.78, 5) is 26.3. The van der Waals surface area contributed by atoms with Crippen LogP contribution in [0.15, 0.2) is 0 Å². The molecule has 0 unspecified atom stereocenters. The van der Waals surface area contributed by atoms with Crippen molar-refractivity contribution in [2.24, 2.45) is 0 Å². The molecule has 2 atom stereocenters. The third-order valence-corrected chi connectivity index (χ3v) is 3.96. The lowest BCUT2D eigenvalue weighted by Gasteiger charge is -2.35. The maximum atomic E-state index is 12.4. The summed E-state index contributed by atoms with van der Waals surface area (Å²) < 4.78 is 10.9. The molecule has 2 heterocycles. The highest BCUT2D eigenvalue weighted by atomic mass is 16.6. The average Bonchev–Trinajstić information content (AvgIpc) is 2.96. The molecule has 126 valence electrons. The Balaban J connectivity index is 1.90. The van der Waals surface area contributed by atoms with Crippen LogP contribution in [0.2, 0.25) is 0 Å². The van der Waals surface area contributed by atoms with Crippen LogP contribution in [0, 0.1) is 0 Å². The molecule has 0 aromatic carbocycles. The van der Waals surface area contributed by atoms with Crippen molar-refractivity contribution in [3.05, 3.63) is 0 Å². The van der Waals surface area contributed by atoms with Crippen molar-refractivity contribution in [1.82, 2.24) is 10.2 Å². The summed E-state index contributed by atoms with van der Waals surface area (Å²) in [6, 6.07) is -0.426. The molecule has 0 aromatic heterocycles. The summed E-state index contributed by atoms with van der Waals surface area (Å²) in [5.74, 6) is -0.0962. The quantitative estimate of drug-likeness (QED) is 0.866. The molecule has 0 radical (unpaired) electrons. The molecule has 2 saturated heterocycles. The first-order valence-corrected chi connectivity index (χ1v) is 8.26. The zero-order chi connectivity index (χ0) is 16.2. The van der Waals surface area contributed by atoms with E-state index in [0.717, 1.165) is 32.3 Å². The fraction of sp³-hybridized carbons (Fsp3) is 0.875. The van der Waals surface area contributed by atoms with E-state index in [1.165, 1.54) is 0 Å². The zero-order valence-electron chi connectivity index (χ0n) is 13.9. The van der Waals surface area contributed by atoms with E-state index >= 15 is 0 Å². The average molecular weight is 312 g/mol. The first-order chi connectivity index (χ1) is 10.4. The van der Waals surface area contributed by atoms with Gasteiger partial charge in [-0.3, -0.25) is 9.69 Å². The molecule has 6 nitrogen and oxygen atoms in total. The number of nitrogens with one attached hydrogen (secondary N) is 1. The number of carbonyl (C=O) groups is 2. The van der Waals surface area contributed by atoms with Crippen molar-refractivity contribution in [2.75, 3.05) is 19.7 Å². The molecule has 0 aromatic rings. The van der Waals surface area contributed by atoms with Gasteiger partial charge in [0.15, 0.2) is 0 Å². The second kappa shape index (κ2) is 7.31. The molecule has 2 aliphatic rings. The SMILES string of the molecule is CC(C)(C)OC(=O)N1CCCC[C@@H]1C(=O)NC[C@H]1CCCO1. The molecule has 0 bridgehead atoms. The number of hydrogen-bond donors (Lipinski definition) is 1. The van der Waals surface area contributed by atoms with E-state index in [9.17, 15) is 9.59 Å². The first-order valence-electron chi connectivity index (χ1n) is 8.26. The molecule has 0 aliphatic carbocycles. The Kier molecular flexibility index (Phi) is 5.67. The van der Waals surface area contributed by atoms with Gasteiger partial charge in [-0.2, -0.15) is 0 Å². The van der Waals surface area contributed by atoms with Gasteiger partial charge in [-0.1, -0.05) is 0 Å². The van der Waals surface area contributed by atoms with E-state index < -0.39 is 17.7 Å². The Hall–Kier alpha value is -1.30. The van der Waals surface area contributed by atoms with Gasteiger partial charge in [0, 0.05) is 19.7 Å². The number of ether oxygens (including phenoxy) is 2. The predicted molar refractivity (Wildman–Crippen MR) is 82.6 cm³/mol. The minimum absolute atomic E-state index is 0.0962. The van der Waals surface area contributed by atoms with Crippen LogP contribution in [0.25, 0.3) is 0 Å². The normalized spacial score (nSPS) is 25.9. The van der Waals surface area contributed by atoms with Gasteiger partial charge in [0.25, 0.3) is 0 Å². The van der Waals surface area contributed by atoms with Gasteiger partial charge in [0.1, 0.15) is 11.6 Å². The Morgan fingerprint density at radius 1 is 1.23 bits per heavy atom. The van der Waals surface area contributed by atoms with Crippen LogP contribution >= 0.6 is 0 Å². The molecule has 2 amide bonds. The highest BCUT2D eigenvalue weighted by Crippen LogP contribution is 2.21. The monoisotopic (exact) mass is 312 g/mol. The number of nitrogens with zero attached hydrogens (tertiary/aromatic N) is 1. The Labute approximate surface area is 132 Å². The molecule has 2 aliphatic heterocycles. The van der Waals surface area contributed by atoms with Gasteiger partial charge in [0.2, 0.25) is 5.91 Å². The van der Waals surface area contributed by atoms with Crippen LogP contribution < -0.4 is 5.32 Å². The van der Waals surface area contributed by atoms with Gasteiger partial charge < -0.3 is 14.8 Å². The summed E-state index contributed by atoms with van der Waals surface area (Å²) in [6.45, 7) is 7.38. The topological polar surface area (TPSA) is 67.9 Å². The highest BCUT2D eigenvalue weighted by molar-refractivity contribution is 5.85. The minimum Gasteiger partial charge on any atom is -0.444 e. The Morgan fingerprint density at radius 2 is 2.00 bits per heavy atom. The van der Waals surface area contributed by atoms with Crippen LogP contribution in [0.4, 0.5) is 4.79 Å². The van der Waals surface area contributed by atoms with E-state index in [-0.39, 0.29) is 12.0 Å². The maximum absolute atomic E-state index is 12.4. The fourth-order valence-electron chi connectivity index (χ4n) is 2.88. The largest absolute Gasteiger partial charge is 0.444 e. The molecule has 6 heteroatoms. The summed E-state index contributed by atoms with van der Waals surface area (Å²) in [5.41, 5.74) is -0.548. The molecule has 2 fully saturated rings. The van der Waals surface area contributed by atoms with E-state index in [2.05, 4.69) is 5.32 Å². The van der Waals surface area contributed by atoms with Gasteiger partial charge in [-0.05, 0) is 52.9 Å². The number of hydrogen-bond acceptors (Lipinski definition) is 4. The van der Waals surface area contributed by atoms with Crippen LogP contribution in [0.5, 0.6) is 0 Å². The summed E-state index contributed by atoms with van der Waals surface area (Å²) in [7, 11) is 0. The molecular weight excluding hydrogens is 284 g/mol. The van der Waals surface area contributed by atoms with Gasteiger partial charge >= 0.3 is 6.09 Å². The fourth-order valence-corrected chi connectivity index (χ4v) is 2.88. The molecule has 0 spiro atoms. The predicted octanol–water partition coefficient (Wildman–Crippen LogP) is 2.07. The van der Waals surface area contributed by atoms with Crippen LogP contribution in [0.1, 0.15) is 52.9 Å². The van der Waals surface area contributed by atoms with Crippen LogP contribution in [0.3, 0.4) is 0 Å². The van der Waals surface area contributed by atoms with Crippen molar-refractivity contribution in [2.45, 2.75) is 70.6 Å². The lowest BCUT2D eigenvalue weighted by molar-refractivity contribution is -0.128. The van der Waals surface area contributed by atoms with E-state index in [4.69, 9.17) is 9.47 Å². The number of rotatable bonds is 3. The summed E-state index contributed by atoms with van der Waals surface area (Å²) in [5, 5.41) is 2.93. The van der Waals surface area contributed by atoms with E-state index in [1.54, 1.807) is 4.90 Å². The second-order valence-corrected chi connectivity index (χ2v) is 7.07. The lowest BCUT2D eigenvalue weighted by atomic mass is 10.0. The second-order valence-electron chi connectivity index (χ2n) is 7.07.